The number of aliphatic hydroxyl groups excluding tert-OH is 1. The van der Waals surface area contributed by atoms with Crippen LogP contribution in [-0.2, 0) is 6.54 Å². The maximum atomic E-state index is 8.70. The van der Waals surface area contributed by atoms with Gasteiger partial charge in [0.1, 0.15) is 11.5 Å². The predicted molar refractivity (Wildman–Crippen MR) is 94.5 cm³/mol. The second-order valence-electron chi connectivity index (χ2n) is 4.85. The molecular weight excluding hydrogens is 401 g/mol. The smallest absolute Gasteiger partial charge is 0.135 e. The number of hydrogen-bond donors (Lipinski definition) is 2. The van der Waals surface area contributed by atoms with Gasteiger partial charge in [0.2, 0.25) is 0 Å². The van der Waals surface area contributed by atoms with Crippen LogP contribution in [0.3, 0.4) is 0 Å². The lowest BCUT2D eigenvalue weighted by molar-refractivity contribution is 0.282. The molecule has 0 fully saturated rings. The highest BCUT2D eigenvalue weighted by Gasteiger charge is 2.08. The largest absolute Gasteiger partial charge is 0.460 e. The molecule has 3 nitrogen and oxygen atoms in total. The van der Waals surface area contributed by atoms with E-state index >= 15 is 0 Å². The summed E-state index contributed by atoms with van der Waals surface area (Å²) in [6.45, 7) is 1.92. The normalized spacial score (nSPS) is 11.0. The molecule has 0 aliphatic rings. The molecule has 114 valence electrons. The van der Waals surface area contributed by atoms with Crippen LogP contribution in [-0.4, -0.2) is 18.3 Å². The van der Waals surface area contributed by atoms with Gasteiger partial charge in [-0.3, -0.25) is 0 Å². The Morgan fingerprint density at radius 3 is 2.76 bits per heavy atom. The predicted octanol–water partition coefficient (Wildman–Crippen LogP) is 4.46. The zero-order valence-corrected chi connectivity index (χ0v) is 14.7. The minimum atomic E-state index is 0.276. The maximum Gasteiger partial charge on any atom is 0.135 e. The number of rotatable bonds is 8. The zero-order chi connectivity index (χ0) is 15.1. The van der Waals surface area contributed by atoms with Crippen LogP contribution < -0.4 is 5.32 Å². The summed E-state index contributed by atoms with van der Waals surface area (Å²) in [5.74, 6) is 1.70. The lowest BCUT2D eigenvalue weighted by Gasteiger charge is -2.03. The fraction of sp³-hybridized carbons (Fsp3) is 0.375. The molecule has 0 unspecified atom stereocenters. The monoisotopic (exact) mass is 419 g/mol. The van der Waals surface area contributed by atoms with E-state index < -0.39 is 0 Å². The molecule has 0 saturated carbocycles. The Morgan fingerprint density at radius 2 is 2.00 bits per heavy atom. The average molecular weight is 420 g/mol. The fourth-order valence-corrected chi connectivity index (χ4v) is 3.01. The second kappa shape index (κ2) is 8.78. The quantitative estimate of drug-likeness (QED) is 0.491. The second-order valence-corrected chi connectivity index (χ2v) is 6.50. The summed E-state index contributed by atoms with van der Waals surface area (Å²) in [7, 11) is 0. The fourth-order valence-electron chi connectivity index (χ4n) is 2.06. The Labute approximate surface area is 143 Å². The Morgan fingerprint density at radius 1 is 1.14 bits per heavy atom. The molecule has 1 aromatic heterocycles. The number of benzene rings is 1. The van der Waals surface area contributed by atoms with E-state index in [1.54, 1.807) is 0 Å². The van der Waals surface area contributed by atoms with Gasteiger partial charge < -0.3 is 14.8 Å². The van der Waals surface area contributed by atoms with Gasteiger partial charge in [0.15, 0.2) is 0 Å². The molecule has 5 heteroatoms. The number of furan rings is 1. The van der Waals surface area contributed by atoms with Crippen molar-refractivity contribution in [3.8, 4) is 11.3 Å². The molecular formula is C16H19ClINO2. The van der Waals surface area contributed by atoms with Crippen LogP contribution >= 0.6 is 34.2 Å². The van der Waals surface area contributed by atoms with Gasteiger partial charge in [0.25, 0.3) is 0 Å². The van der Waals surface area contributed by atoms with Gasteiger partial charge in [0.05, 0.1) is 11.6 Å². The van der Waals surface area contributed by atoms with Crippen molar-refractivity contribution in [2.45, 2.75) is 25.8 Å². The minimum absolute atomic E-state index is 0.276. The Hall–Kier alpha value is -0.560. The number of unbranched alkanes of at least 4 members (excludes halogenated alkanes) is 2. The third-order valence-corrected chi connectivity index (χ3v) is 4.15. The molecule has 0 atom stereocenters. The van der Waals surface area contributed by atoms with Crippen molar-refractivity contribution in [3.63, 3.8) is 0 Å². The SMILES string of the molecule is OCCCCCNCc1ccc(-c2ccc(I)cc2Cl)o1. The summed E-state index contributed by atoms with van der Waals surface area (Å²) in [4.78, 5) is 0. The van der Waals surface area contributed by atoms with Crippen LogP contribution in [0.2, 0.25) is 5.02 Å². The molecule has 0 radical (unpaired) electrons. The first-order valence-electron chi connectivity index (χ1n) is 7.06. The van der Waals surface area contributed by atoms with Gasteiger partial charge >= 0.3 is 0 Å². The first-order chi connectivity index (χ1) is 10.2. The molecule has 0 saturated heterocycles. The van der Waals surface area contributed by atoms with E-state index in [0.29, 0.717) is 11.6 Å². The molecule has 1 heterocycles. The van der Waals surface area contributed by atoms with Crippen molar-refractivity contribution in [1.82, 2.24) is 5.32 Å². The van der Waals surface area contributed by atoms with Gasteiger partial charge in [-0.2, -0.15) is 0 Å². The molecule has 2 aromatic rings. The van der Waals surface area contributed by atoms with E-state index in [0.717, 1.165) is 46.5 Å². The zero-order valence-electron chi connectivity index (χ0n) is 11.7. The van der Waals surface area contributed by atoms with E-state index in [1.165, 1.54) is 0 Å². The molecule has 0 bridgehead atoms. The standard InChI is InChI=1S/C16H19ClINO2/c17-15-10-12(18)4-6-14(15)16-7-5-13(21-16)11-19-8-2-1-3-9-20/h4-7,10,19-20H,1-3,8-9,11H2. The number of hydrogen-bond acceptors (Lipinski definition) is 3. The van der Waals surface area contributed by atoms with Crippen molar-refractivity contribution in [3.05, 3.63) is 44.7 Å². The van der Waals surface area contributed by atoms with Gasteiger partial charge in [0, 0.05) is 15.7 Å². The summed E-state index contributed by atoms with van der Waals surface area (Å²) in [6.07, 6.45) is 2.99. The van der Waals surface area contributed by atoms with Crippen LogP contribution in [0.4, 0.5) is 0 Å². The van der Waals surface area contributed by atoms with Gasteiger partial charge in [-0.25, -0.2) is 0 Å². The molecule has 2 rings (SSSR count). The first-order valence-corrected chi connectivity index (χ1v) is 8.52. The number of nitrogens with one attached hydrogen (secondary N) is 1. The van der Waals surface area contributed by atoms with E-state index in [2.05, 4.69) is 27.9 Å². The molecule has 0 spiro atoms. The van der Waals surface area contributed by atoms with Crippen molar-refractivity contribution >= 4 is 34.2 Å². The average Bonchev–Trinajstić information content (AvgIpc) is 2.91. The third-order valence-electron chi connectivity index (χ3n) is 3.17. The number of halogens is 2. The van der Waals surface area contributed by atoms with Crippen LogP contribution in [0.5, 0.6) is 0 Å². The van der Waals surface area contributed by atoms with Gasteiger partial charge in [-0.05, 0) is 78.7 Å². The van der Waals surface area contributed by atoms with E-state index in [9.17, 15) is 0 Å². The summed E-state index contributed by atoms with van der Waals surface area (Å²) in [6, 6.07) is 9.86. The summed E-state index contributed by atoms with van der Waals surface area (Å²) in [5.41, 5.74) is 0.922. The third kappa shape index (κ3) is 5.29. The van der Waals surface area contributed by atoms with Crippen LogP contribution in [0.1, 0.15) is 25.0 Å². The molecule has 21 heavy (non-hydrogen) atoms. The van der Waals surface area contributed by atoms with Gasteiger partial charge in [-0.15, -0.1) is 0 Å². The highest BCUT2D eigenvalue weighted by molar-refractivity contribution is 14.1. The summed E-state index contributed by atoms with van der Waals surface area (Å²) >= 11 is 8.49. The van der Waals surface area contributed by atoms with Crippen LogP contribution in [0.15, 0.2) is 34.7 Å². The highest BCUT2D eigenvalue weighted by Crippen LogP contribution is 2.30. The molecule has 0 aliphatic heterocycles. The van der Waals surface area contributed by atoms with Crippen LogP contribution in [0, 0.1) is 3.57 Å². The highest BCUT2D eigenvalue weighted by atomic mass is 127. The van der Waals surface area contributed by atoms with E-state index in [1.807, 2.05) is 30.3 Å². The maximum absolute atomic E-state index is 8.70. The van der Waals surface area contributed by atoms with E-state index in [-0.39, 0.29) is 6.61 Å². The van der Waals surface area contributed by atoms with Crippen LogP contribution in [0.25, 0.3) is 11.3 Å². The van der Waals surface area contributed by atoms with Crippen molar-refractivity contribution in [2.75, 3.05) is 13.2 Å². The van der Waals surface area contributed by atoms with Gasteiger partial charge in [-0.1, -0.05) is 11.6 Å². The van der Waals surface area contributed by atoms with Crippen molar-refractivity contribution in [2.24, 2.45) is 0 Å². The van der Waals surface area contributed by atoms with Crippen molar-refractivity contribution < 1.29 is 9.52 Å². The summed E-state index contributed by atoms with van der Waals surface area (Å²) in [5, 5.41) is 12.8. The number of aliphatic hydroxyl groups is 1. The Bertz CT molecular complexity index is 571. The Balaban J connectivity index is 1.86. The summed E-state index contributed by atoms with van der Waals surface area (Å²) < 4.78 is 6.94. The lowest BCUT2D eigenvalue weighted by atomic mass is 10.2. The molecule has 2 N–H and O–H groups in total. The molecule has 0 amide bonds. The minimum Gasteiger partial charge on any atom is -0.460 e. The van der Waals surface area contributed by atoms with E-state index in [4.69, 9.17) is 21.1 Å². The molecule has 1 aromatic carbocycles. The Kier molecular flexibility index (Phi) is 7.03. The van der Waals surface area contributed by atoms with Crippen molar-refractivity contribution in [1.29, 1.82) is 0 Å². The first kappa shape index (κ1) is 16.8. The molecule has 0 aliphatic carbocycles. The lowest BCUT2D eigenvalue weighted by Crippen LogP contribution is -2.14. The topological polar surface area (TPSA) is 45.4 Å².